The van der Waals surface area contributed by atoms with Crippen LogP contribution in [0, 0.1) is 5.92 Å². The summed E-state index contributed by atoms with van der Waals surface area (Å²) in [6.45, 7) is 2.18. The van der Waals surface area contributed by atoms with Gasteiger partial charge in [0.15, 0.2) is 5.69 Å². The van der Waals surface area contributed by atoms with E-state index in [2.05, 4.69) is 17.2 Å². The molecule has 0 saturated heterocycles. The SMILES string of the molecule is CC1CCC(NC(=O)c2ncccc2O)C1. The molecule has 0 aromatic carbocycles. The van der Waals surface area contributed by atoms with Crippen LogP contribution in [-0.2, 0) is 0 Å². The number of hydrogen-bond acceptors (Lipinski definition) is 3. The third-order valence-electron chi connectivity index (χ3n) is 3.03. The van der Waals surface area contributed by atoms with Crippen LogP contribution >= 0.6 is 0 Å². The summed E-state index contributed by atoms with van der Waals surface area (Å²) < 4.78 is 0. The number of nitrogens with zero attached hydrogens (tertiary/aromatic N) is 1. The second kappa shape index (κ2) is 4.51. The van der Waals surface area contributed by atoms with Gasteiger partial charge < -0.3 is 10.4 Å². The lowest BCUT2D eigenvalue weighted by molar-refractivity contribution is 0.0929. The summed E-state index contributed by atoms with van der Waals surface area (Å²) in [6.07, 6.45) is 4.69. The molecule has 2 rings (SSSR count). The van der Waals surface area contributed by atoms with Gasteiger partial charge in [-0.15, -0.1) is 0 Å². The first-order valence-corrected chi connectivity index (χ1v) is 5.61. The minimum Gasteiger partial charge on any atom is -0.505 e. The molecule has 86 valence electrons. The minimum atomic E-state index is -0.280. The molecular formula is C12H16N2O2. The molecule has 2 atom stereocenters. The predicted octanol–water partition coefficient (Wildman–Crippen LogP) is 1.71. The average molecular weight is 220 g/mol. The second-order valence-electron chi connectivity index (χ2n) is 4.46. The lowest BCUT2D eigenvalue weighted by Gasteiger charge is -2.12. The van der Waals surface area contributed by atoms with Crippen molar-refractivity contribution in [2.45, 2.75) is 32.2 Å². The molecule has 1 aromatic heterocycles. The number of carbonyl (C=O) groups excluding carboxylic acids is 1. The van der Waals surface area contributed by atoms with Crippen LogP contribution in [0.25, 0.3) is 0 Å². The Labute approximate surface area is 94.7 Å². The number of pyridine rings is 1. The smallest absolute Gasteiger partial charge is 0.273 e. The average Bonchev–Trinajstić information content (AvgIpc) is 2.64. The van der Waals surface area contributed by atoms with Crippen LogP contribution in [0.2, 0.25) is 0 Å². The highest BCUT2D eigenvalue weighted by Crippen LogP contribution is 2.25. The molecule has 1 aromatic rings. The summed E-state index contributed by atoms with van der Waals surface area (Å²) in [7, 11) is 0. The van der Waals surface area contributed by atoms with Crippen LogP contribution in [0.4, 0.5) is 0 Å². The van der Waals surface area contributed by atoms with E-state index in [1.807, 2.05) is 0 Å². The summed E-state index contributed by atoms with van der Waals surface area (Å²) in [5.74, 6) is 0.325. The molecule has 1 heterocycles. The number of aromatic hydroxyl groups is 1. The Bertz CT molecular complexity index is 392. The van der Waals surface area contributed by atoms with Gasteiger partial charge in [-0.1, -0.05) is 6.92 Å². The summed E-state index contributed by atoms with van der Waals surface area (Å²) in [4.78, 5) is 15.7. The van der Waals surface area contributed by atoms with Gasteiger partial charge in [-0.05, 0) is 37.3 Å². The van der Waals surface area contributed by atoms with Crippen LogP contribution in [-0.4, -0.2) is 22.0 Å². The number of aromatic nitrogens is 1. The number of nitrogens with one attached hydrogen (secondary N) is 1. The van der Waals surface area contributed by atoms with Crippen molar-refractivity contribution in [3.05, 3.63) is 24.0 Å². The maximum atomic E-state index is 11.8. The fraction of sp³-hybridized carbons (Fsp3) is 0.500. The van der Waals surface area contributed by atoms with Gasteiger partial charge in [0.25, 0.3) is 5.91 Å². The van der Waals surface area contributed by atoms with Crippen molar-refractivity contribution in [2.75, 3.05) is 0 Å². The second-order valence-corrected chi connectivity index (χ2v) is 4.46. The molecule has 1 saturated carbocycles. The molecule has 4 heteroatoms. The first-order valence-electron chi connectivity index (χ1n) is 5.61. The Balaban J connectivity index is 2.01. The van der Waals surface area contributed by atoms with Gasteiger partial charge in [0.05, 0.1) is 0 Å². The Morgan fingerprint density at radius 3 is 3.00 bits per heavy atom. The van der Waals surface area contributed by atoms with E-state index in [4.69, 9.17) is 0 Å². The van der Waals surface area contributed by atoms with E-state index in [1.165, 1.54) is 12.3 Å². The Hall–Kier alpha value is -1.58. The predicted molar refractivity (Wildman–Crippen MR) is 60.2 cm³/mol. The molecule has 0 radical (unpaired) electrons. The van der Waals surface area contributed by atoms with Crippen molar-refractivity contribution in [1.29, 1.82) is 0 Å². The van der Waals surface area contributed by atoms with Gasteiger partial charge in [0.1, 0.15) is 5.75 Å². The lowest BCUT2D eigenvalue weighted by Crippen LogP contribution is -2.33. The van der Waals surface area contributed by atoms with Crippen LogP contribution in [0.1, 0.15) is 36.7 Å². The molecule has 16 heavy (non-hydrogen) atoms. The highest BCUT2D eigenvalue weighted by atomic mass is 16.3. The Kier molecular flexibility index (Phi) is 3.08. The van der Waals surface area contributed by atoms with E-state index in [9.17, 15) is 9.90 Å². The van der Waals surface area contributed by atoms with Gasteiger partial charge in [0, 0.05) is 12.2 Å². The minimum absolute atomic E-state index is 0.0638. The molecule has 4 nitrogen and oxygen atoms in total. The molecule has 2 N–H and O–H groups in total. The number of amides is 1. The van der Waals surface area contributed by atoms with Gasteiger partial charge in [-0.3, -0.25) is 4.79 Å². The normalized spacial score (nSPS) is 24.3. The van der Waals surface area contributed by atoms with Crippen LogP contribution in [0.3, 0.4) is 0 Å². The van der Waals surface area contributed by atoms with Crippen molar-refractivity contribution in [3.63, 3.8) is 0 Å². The third kappa shape index (κ3) is 2.32. The quantitative estimate of drug-likeness (QED) is 0.797. The Morgan fingerprint density at radius 1 is 1.56 bits per heavy atom. The molecule has 1 amide bonds. The van der Waals surface area contributed by atoms with Crippen molar-refractivity contribution in [3.8, 4) is 5.75 Å². The molecule has 0 aliphatic heterocycles. The van der Waals surface area contributed by atoms with Crippen LogP contribution in [0.15, 0.2) is 18.3 Å². The summed E-state index contributed by atoms with van der Waals surface area (Å²) in [5.41, 5.74) is 0.113. The fourth-order valence-corrected chi connectivity index (χ4v) is 2.16. The van der Waals surface area contributed by atoms with Gasteiger partial charge >= 0.3 is 0 Å². The van der Waals surface area contributed by atoms with Crippen LogP contribution < -0.4 is 5.32 Å². The largest absolute Gasteiger partial charge is 0.505 e. The van der Waals surface area contributed by atoms with E-state index < -0.39 is 0 Å². The zero-order valence-electron chi connectivity index (χ0n) is 9.31. The van der Waals surface area contributed by atoms with Crippen molar-refractivity contribution >= 4 is 5.91 Å². The standard InChI is InChI=1S/C12H16N2O2/c1-8-4-5-9(7-8)14-12(16)11-10(15)3-2-6-13-11/h2-3,6,8-9,15H,4-5,7H2,1H3,(H,14,16). The van der Waals surface area contributed by atoms with E-state index in [0.717, 1.165) is 19.3 Å². The zero-order chi connectivity index (χ0) is 11.5. The maximum absolute atomic E-state index is 11.8. The number of rotatable bonds is 2. The third-order valence-corrected chi connectivity index (χ3v) is 3.03. The molecule has 0 bridgehead atoms. The molecule has 0 spiro atoms. The molecule has 1 fully saturated rings. The first-order chi connectivity index (χ1) is 7.66. The zero-order valence-corrected chi connectivity index (χ0v) is 9.31. The molecule has 1 aliphatic carbocycles. The van der Waals surface area contributed by atoms with Crippen molar-refractivity contribution < 1.29 is 9.90 Å². The summed E-state index contributed by atoms with van der Waals surface area (Å²) in [5, 5.41) is 12.4. The van der Waals surface area contributed by atoms with E-state index in [0.29, 0.717) is 5.92 Å². The highest BCUT2D eigenvalue weighted by Gasteiger charge is 2.24. The van der Waals surface area contributed by atoms with Crippen LogP contribution in [0.5, 0.6) is 5.75 Å². The van der Waals surface area contributed by atoms with Crippen molar-refractivity contribution in [1.82, 2.24) is 10.3 Å². The number of carbonyl (C=O) groups is 1. The van der Waals surface area contributed by atoms with Gasteiger partial charge in [0.2, 0.25) is 0 Å². The fourth-order valence-electron chi connectivity index (χ4n) is 2.16. The van der Waals surface area contributed by atoms with Crippen molar-refractivity contribution in [2.24, 2.45) is 5.92 Å². The molecule has 2 unspecified atom stereocenters. The molecular weight excluding hydrogens is 204 g/mol. The Morgan fingerprint density at radius 2 is 2.38 bits per heavy atom. The van der Waals surface area contributed by atoms with E-state index in [-0.39, 0.29) is 23.4 Å². The van der Waals surface area contributed by atoms with E-state index in [1.54, 1.807) is 6.07 Å². The highest BCUT2D eigenvalue weighted by molar-refractivity contribution is 5.94. The number of hydrogen-bond donors (Lipinski definition) is 2. The summed E-state index contributed by atoms with van der Waals surface area (Å²) >= 11 is 0. The molecule has 1 aliphatic rings. The lowest BCUT2D eigenvalue weighted by atomic mass is 10.1. The monoisotopic (exact) mass is 220 g/mol. The summed E-state index contributed by atoms with van der Waals surface area (Å²) in [6, 6.07) is 3.30. The topological polar surface area (TPSA) is 62.2 Å². The first kappa shape index (κ1) is 10.9. The van der Waals surface area contributed by atoms with E-state index >= 15 is 0 Å². The van der Waals surface area contributed by atoms with Gasteiger partial charge in [-0.2, -0.15) is 0 Å². The van der Waals surface area contributed by atoms with Gasteiger partial charge in [-0.25, -0.2) is 4.98 Å². The maximum Gasteiger partial charge on any atom is 0.273 e.